The first-order chi connectivity index (χ1) is 17.3. The number of rotatable bonds is 9. The third-order valence-corrected chi connectivity index (χ3v) is 5.40. The van der Waals surface area contributed by atoms with Crippen molar-refractivity contribution in [3.63, 3.8) is 0 Å². The SMILES string of the molecule is COc1cc(/C=C2\Oc3cc(OCC(=O)c4ccc([N+](=O)[O-])cc4)ccc3C2=O)cc(OC)c1OC. The summed E-state index contributed by atoms with van der Waals surface area (Å²) in [6, 6.07) is 13.3. The molecule has 184 valence electrons. The molecule has 0 unspecified atom stereocenters. The molecule has 0 atom stereocenters. The van der Waals surface area contributed by atoms with E-state index in [2.05, 4.69) is 0 Å². The maximum absolute atomic E-state index is 12.8. The molecule has 1 heterocycles. The van der Waals surface area contributed by atoms with E-state index in [9.17, 15) is 19.7 Å². The molecule has 0 N–H and O–H groups in total. The Morgan fingerprint density at radius 3 is 2.22 bits per heavy atom. The summed E-state index contributed by atoms with van der Waals surface area (Å²) in [5.74, 6) is 1.33. The molecule has 0 amide bonds. The smallest absolute Gasteiger partial charge is 0.269 e. The number of hydrogen-bond donors (Lipinski definition) is 0. The van der Waals surface area contributed by atoms with Gasteiger partial charge in [-0.1, -0.05) is 0 Å². The highest BCUT2D eigenvalue weighted by atomic mass is 16.6. The van der Waals surface area contributed by atoms with Crippen molar-refractivity contribution in [3.05, 3.63) is 87.2 Å². The van der Waals surface area contributed by atoms with Gasteiger partial charge in [-0.3, -0.25) is 19.7 Å². The molecule has 3 aromatic carbocycles. The van der Waals surface area contributed by atoms with Gasteiger partial charge in [0.1, 0.15) is 11.5 Å². The second-order valence-corrected chi connectivity index (χ2v) is 7.57. The third kappa shape index (κ3) is 4.83. The topological polar surface area (TPSA) is 123 Å². The van der Waals surface area contributed by atoms with Crippen LogP contribution in [0.2, 0.25) is 0 Å². The summed E-state index contributed by atoms with van der Waals surface area (Å²) >= 11 is 0. The van der Waals surface area contributed by atoms with Crippen molar-refractivity contribution in [1.82, 2.24) is 0 Å². The molecule has 1 aliphatic heterocycles. The van der Waals surface area contributed by atoms with Gasteiger partial charge in [-0.15, -0.1) is 0 Å². The van der Waals surface area contributed by atoms with Gasteiger partial charge >= 0.3 is 0 Å². The average molecular weight is 491 g/mol. The number of hydrogen-bond acceptors (Lipinski definition) is 9. The Balaban J connectivity index is 1.49. The van der Waals surface area contributed by atoms with Crippen LogP contribution in [0.15, 0.2) is 60.4 Å². The Bertz CT molecular complexity index is 1350. The third-order valence-electron chi connectivity index (χ3n) is 5.40. The van der Waals surface area contributed by atoms with E-state index in [0.717, 1.165) is 0 Å². The van der Waals surface area contributed by atoms with Crippen LogP contribution in [-0.2, 0) is 0 Å². The number of carbonyl (C=O) groups excluding carboxylic acids is 2. The first kappa shape index (κ1) is 24.3. The van der Waals surface area contributed by atoms with Crippen molar-refractivity contribution in [2.75, 3.05) is 27.9 Å². The molecular formula is C26H21NO9. The number of allylic oxidation sites excluding steroid dienone is 1. The van der Waals surface area contributed by atoms with Gasteiger partial charge in [0, 0.05) is 23.8 Å². The van der Waals surface area contributed by atoms with Crippen molar-refractivity contribution in [2.24, 2.45) is 0 Å². The summed E-state index contributed by atoms with van der Waals surface area (Å²) < 4.78 is 27.3. The lowest BCUT2D eigenvalue weighted by Crippen LogP contribution is -2.11. The Morgan fingerprint density at radius 1 is 0.972 bits per heavy atom. The predicted octanol–water partition coefficient (Wildman–Crippen LogP) is 4.50. The van der Waals surface area contributed by atoms with Crippen LogP contribution in [-0.4, -0.2) is 44.4 Å². The Hall–Kier alpha value is -4.86. The molecule has 0 saturated carbocycles. The van der Waals surface area contributed by atoms with E-state index in [1.54, 1.807) is 30.3 Å². The maximum atomic E-state index is 12.8. The zero-order valence-corrected chi connectivity index (χ0v) is 19.6. The second kappa shape index (κ2) is 10.2. The number of nitrogens with zero attached hydrogens (tertiary/aromatic N) is 1. The quantitative estimate of drug-likeness (QED) is 0.184. The molecule has 36 heavy (non-hydrogen) atoms. The molecule has 1 aliphatic rings. The Labute approximate surface area is 205 Å². The molecule has 0 radical (unpaired) electrons. The normalized spacial score (nSPS) is 13.1. The van der Waals surface area contributed by atoms with Gasteiger partial charge in [-0.25, -0.2) is 0 Å². The molecule has 0 bridgehead atoms. The van der Waals surface area contributed by atoms with Gasteiger partial charge in [0.05, 0.1) is 31.8 Å². The van der Waals surface area contributed by atoms with Crippen LogP contribution in [0.5, 0.6) is 28.7 Å². The number of nitro groups is 1. The van der Waals surface area contributed by atoms with Crippen molar-refractivity contribution < 1.29 is 38.2 Å². The van der Waals surface area contributed by atoms with Crippen molar-refractivity contribution in [2.45, 2.75) is 0 Å². The summed E-state index contributed by atoms with van der Waals surface area (Å²) in [4.78, 5) is 35.4. The van der Waals surface area contributed by atoms with E-state index in [-0.39, 0.29) is 35.2 Å². The van der Waals surface area contributed by atoms with E-state index in [1.807, 2.05) is 0 Å². The van der Waals surface area contributed by atoms with Crippen LogP contribution in [0.1, 0.15) is 26.3 Å². The van der Waals surface area contributed by atoms with Crippen LogP contribution in [0.25, 0.3) is 6.08 Å². The molecule has 0 aromatic heterocycles. The van der Waals surface area contributed by atoms with Crippen molar-refractivity contribution in [1.29, 1.82) is 0 Å². The number of carbonyl (C=O) groups is 2. The fourth-order valence-corrected chi connectivity index (χ4v) is 3.59. The Kier molecular flexibility index (Phi) is 6.86. The standard InChI is InChI=1S/C26H21NO9/c1-32-23-11-15(12-24(33-2)26(23)34-3)10-22-25(29)19-9-8-18(13-21(19)36-22)35-14-20(28)16-4-6-17(7-5-16)27(30)31/h4-13H,14H2,1-3H3/b22-10-. The fourth-order valence-electron chi connectivity index (χ4n) is 3.59. The minimum Gasteiger partial charge on any atom is -0.493 e. The van der Waals surface area contributed by atoms with Crippen LogP contribution < -0.4 is 23.7 Å². The fraction of sp³-hybridized carbons (Fsp3) is 0.154. The second-order valence-electron chi connectivity index (χ2n) is 7.57. The average Bonchev–Trinajstić information content (AvgIpc) is 3.20. The predicted molar refractivity (Wildman–Crippen MR) is 128 cm³/mol. The summed E-state index contributed by atoms with van der Waals surface area (Å²) in [6.07, 6.45) is 1.56. The molecule has 4 rings (SSSR count). The summed E-state index contributed by atoms with van der Waals surface area (Å²) in [7, 11) is 4.49. The number of benzene rings is 3. The minimum atomic E-state index is -0.541. The molecule has 0 spiro atoms. The van der Waals surface area contributed by atoms with Gasteiger partial charge in [0.25, 0.3) is 5.69 Å². The van der Waals surface area contributed by atoms with Gasteiger partial charge in [-0.05, 0) is 48.0 Å². The molecular weight excluding hydrogens is 470 g/mol. The van der Waals surface area contributed by atoms with E-state index in [1.165, 1.54) is 51.7 Å². The zero-order chi connectivity index (χ0) is 25.8. The lowest BCUT2D eigenvalue weighted by molar-refractivity contribution is -0.384. The van der Waals surface area contributed by atoms with E-state index < -0.39 is 4.92 Å². The molecule has 0 saturated heterocycles. The van der Waals surface area contributed by atoms with Gasteiger partial charge in [0.2, 0.25) is 11.5 Å². The number of nitro benzene ring substituents is 1. The molecule has 10 nitrogen and oxygen atoms in total. The monoisotopic (exact) mass is 491 g/mol. The van der Waals surface area contributed by atoms with E-state index in [0.29, 0.717) is 39.9 Å². The van der Waals surface area contributed by atoms with Crippen molar-refractivity contribution in [3.8, 4) is 28.7 Å². The van der Waals surface area contributed by atoms with Crippen LogP contribution in [0, 0.1) is 10.1 Å². The zero-order valence-electron chi connectivity index (χ0n) is 19.6. The van der Waals surface area contributed by atoms with E-state index >= 15 is 0 Å². The van der Waals surface area contributed by atoms with Gasteiger partial charge in [0.15, 0.2) is 29.6 Å². The minimum absolute atomic E-state index is 0.0957. The highest BCUT2D eigenvalue weighted by molar-refractivity contribution is 6.14. The number of Topliss-reactive ketones (excluding diaryl/α,β-unsaturated/α-hetero) is 2. The Morgan fingerprint density at radius 2 is 1.64 bits per heavy atom. The summed E-state index contributed by atoms with van der Waals surface area (Å²) in [6.45, 7) is -0.293. The molecule has 0 aliphatic carbocycles. The largest absolute Gasteiger partial charge is 0.493 e. The molecule has 0 fully saturated rings. The lowest BCUT2D eigenvalue weighted by Gasteiger charge is -2.13. The van der Waals surface area contributed by atoms with Crippen molar-refractivity contribution >= 4 is 23.3 Å². The van der Waals surface area contributed by atoms with E-state index in [4.69, 9.17) is 23.7 Å². The molecule has 10 heteroatoms. The van der Waals surface area contributed by atoms with Gasteiger partial charge in [-0.2, -0.15) is 0 Å². The number of ketones is 2. The first-order valence-corrected chi connectivity index (χ1v) is 10.6. The number of non-ortho nitro benzene ring substituents is 1. The first-order valence-electron chi connectivity index (χ1n) is 10.6. The maximum Gasteiger partial charge on any atom is 0.269 e. The number of ether oxygens (including phenoxy) is 5. The molecule has 3 aromatic rings. The number of fused-ring (bicyclic) bond motifs is 1. The van der Waals surface area contributed by atoms with Gasteiger partial charge < -0.3 is 23.7 Å². The highest BCUT2D eigenvalue weighted by Gasteiger charge is 2.28. The lowest BCUT2D eigenvalue weighted by atomic mass is 10.1. The van der Waals surface area contributed by atoms with Crippen LogP contribution in [0.3, 0.4) is 0 Å². The van der Waals surface area contributed by atoms with Crippen LogP contribution in [0.4, 0.5) is 5.69 Å². The highest BCUT2D eigenvalue weighted by Crippen LogP contribution is 2.40. The van der Waals surface area contributed by atoms with Crippen LogP contribution >= 0.6 is 0 Å². The summed E-state index contributed by atoms with van der Waals surface area (Å²) in [5, 5.41) is 10.8. The number of methoxy groups -OCH3 is 3. The summed E-state index contributed by atoms with van der Waals surface area (Å²) in [5.41, 5.74) is 1.13.